The van der Waals surface area contributed by atoms with Gasteiger partial charge in [-0.1, -0.05) is 0 Å². The first-order chi connectivity index (χ1) is 13.0. The molecule has 0 aromatic heterocycles. The Bertz CT molecular complexity index is 860. The van der Waals surface area contributed by atoms with Crippen LogP contribution in [0.5, 0.6) is 23.0 Å². The van der Waals surface area contributed by atoms with Gasteiger partial charge in [-0.05, 0) is 24.3 Å². The lowest BCUT2D eigenvalue weighted by Gasteiger charge is -2.23. The molecule has 1 aliphatic rings. The third-order valence-corrected chi connectivity index (χ3v) is 4.20. The van der Waals surface area contributed by atoms with Crippen LogP contribution in [0.15, 0.2) is 30.3 Å². The standard InChI is InChI=1S/C20H19FO6/c1-24-16-11-17-19(27-10-9-26-17)20(25-2)18(16)15(23)8-7-14(22)12-3-5-13(21)6-4-12/h3-6,11H,7-10H2,1-2H3. The number of ether oxygens (including phenoxy) is 4. The highest BCUT2D eigenvalue weighted by Gasteiger charge is 2.28. The van der Waals surface area contributed by atoms with E-state index < -0.39 is 5.82 Å². The van der Waals surface area contributed by atoms with Gasteiger partial charge >= 0.3 is 0 Å². The summed E-state index contributed by atoms with van der Waals surface area (Å²) in [4.78, 5) is 25.1. The summed E-state index contributed by atoms with van der Waals surface area (Å²) in [5, 5.41) is 0. The molecule has 7 heteroatoms. The SMILES string of the molecule is COc1cc2c(c(OC)c1C(=O)CCC(=O)c1ccc(F)cc1)OCCO2. The van der Waals surface area contributed by atoms with Crippen molar-refractivity contribution in [2.24, 2.45) is 0 Å². The van der Waals surface area contributed by atoms with E-state index in [0.717, 1.165) is 0 Å². The van der Waals surface area contributed by atoms with E-state index in [9.17, 15) is 14.0 Å². The van der Waals surface area contributed by atoms with Crippen molar-refractivity contribution in [1.82, 2.24) is 0 Å². The summed E-state index contributed by atoms with van der Waals surface area (Å²) in [5.74, 6) is 0.300. The van der Waals surface area contributed by atoms with E-state index in [2.05, 4.69) is 0 Å². The average Bonchev–Trinajstić information content (AvgIpc) is 2.70. The maximum Gasteiger partial charge on any atom is 0.204 e. The quantitative estimate of drug-likeness (QED) is 0.691. The van der Waals surface area contributed by atoms with Gasteiger partial charge in [0.25, 0.3) is 0 Å². The number of rotatable bonds is 7. The number of hydrogen-bond acceptors (Lipinski definition) is 6. The van der Waals surface area contributed by atoms with Crippen LogP contribution in [0.4, 0.5) is 4.39 Å². The Balaban J connectivity index is 1.83. The summed E-state index contributed by atoms with van der Waals surface area (Å²) >= 11 is 0. The number of Topliss-reactive ketones (excluding diaryl/α,β-unsaturated/α-hetero) is 2. The molecule has 0 N–H and O–H groups in total. The van der Waals surface area contributed by atoms with Gasteiger partial charge < -0.3 is 18.9 Å². The van der Waals surface area contributed by atoms with Crippen molar-refractivity contribution in [3.8, 4) is 23.0 Å². The number of fused-ring (bicyclic) bond motifs is 1. The van der Waals surface area contributed by atoms with E-state index in [1.807, 2.05) is 0 Å². The van der Waals surface area contributed by atoms with E-state index in [0.29, 0.717) is 30.3 Å². The monoisotopic (exact) mass is 374 g/mol. The van der Waals surface area contributed by atoms with Crippen molar-refractivity contribution >= 4 is 11.6 Å². The van der Waals surface area contributed by atoms with Crippen LogP contribution in [0.3, 0.4) is 0 Å². The number of carbonyl (C=O) groups is 2. The predicted octanol–water partition coefficient (Wildman–Crippen LogP) is 3.46. The highest BCUT2D eigenvalue weighted by Crippen LogP contribution is 2.47. The Morgan fingerprint density at radius 2 is 1.67 bits per heavy atom. The molecule has 1 aliphatic heterocycles. The zero-order chi connectivity index (χ0) is 19.4. The molecule has 0 fully saturated rings. The molecule has 2 aromatic rings. The van der Waals surface area contributed by atoms with Gasteiger partial charge in [-0.2, -0.15) is 0 Å². The summed E-state index contributed by atoms with van der Waals surface area (Å²) in [5.41, 5.74) is 0.557. The molecule has 0 aliphatic carbocycles. The molecule has 0 saturated carbocycles. The molecule has 0 unspecified atom stereocenters. The summed E-state index contributed by atoms with van der Waals surface area (Å²) in [7, 11) is 2.86. The summed E-state index contributed by atoms with van der Waals surface area (Å²) in [6.07, 6.45) is -0.0756. The smallest absolute Gasteiger partial charge is 0.204 e. The lowest BCUT2D eigenvalue weighted by atomic mass is 9.99. The highest BCUT2D eigenvalue weighted by atomic mass is 19.1. The molecule has 6 nitrogen and oxygen atoms in total. The third-order valence-electron chi connectivity index (χ3n) is 4.20. The first-order valence-corrected chi connectivity index (χ1v) is 8.41. The number of benzene rings is 2. The normalized spacial score (nSPS) is 12.4. The molecule has 27 heavy (non-hydrogen) atoms. The maximum absolute atomic E-state index is 13.0. The summed E-state index contributed by atoms with van der Waals surface area (Å²) in [6, 6.07) is 6.79. The molecule has 2 aromatic carbocycles. The zero-order valence-corrected chi connectivity index (χ0v) is 15.0. The van der Waals surface area contributed by atoms with Crippen LogP contribution in [-0.4, -0.2) is 39.0 Å². The second kappa shape index (κ2) is 8.07. The van der Waals surface area contributed by atoms with Crippen molar-refractivity contribution in [3.05, 3.63) is 47.3 Å². The fourth-order valence-electron chi connectivity index (χ4n) is 2.89. The Hall–Kier alpha value is -3.09. The maximum atomic E-state index is 13.0. The first-order valence-electron chi connectivity index (χ1n) is 8.41. The molecule has 0 atom stereocenters. The Morgan fingerprint density at radius 1 is 1.00 bits per heavy atom. The zero-order valence-electron chi connectivity index (χ0n) is 15.0. The lowest BCUT2D eigenvalue weighted by Crippen LogP contribution is -2.18. The predicted molar refractivity (Wildman–Crippen MR) is 94.8 cm³/mol. The molecular weight excluding hydrogens is 355 g/mol. The third kappa shape index (κ3) is 3.86. The van der Waals surface area contributed by atoms with Crippen LogP contribution in [0, 0.1) is 5.82 Å². The second-order valence-electron chi connectivity index (χ2n) is 5.86. The van der Waals surface area contributed by atoms with E-state index in [1.165, 1.54) is 38.5 Å². The van der Waals surface area contributed by atoms with Crippen molar-refractivity contribution < 1.29 is 32.9 Å². The van der Waals surface area contributed by atoms with E-state index in [1.54, 1.807) is 6.07 Å². The lowest BCUT2D eigenvalue weighted by molar-refractivity contribution is 0.0912. The minimum Gasteiger partial charge on any atom is -0.496 e. The molecule has 0 saturated heterocycles. The molecule has 3 rings (SSSR count). The highest BCUT2D eigenvalue weighted by molar-refractivity contribution is 6.05. The largest absolute Gasteiger partial charge is 0.496 e. The van der Waals surface area contributed by atoms with Crippen molar-refractivity contribution in [3.63, 3.8) is 0 Å². The Morgan fingerprint density at radius 3 is 2.33 bits per heavy atom. The van der Waals surface area contributed by atoms with Crippen molar-refractivity contribution in [1.29, 1.82) is 0 Å². The van der Waals surface area contributed by atoms with Gasteiger partial charge in [-0.3, -0.25) is 9.59 Å². The van der Waals surface area contributed by atoms with Crippen molar-refractivity contribution in [2.75, 3.05) is 27.4 Å². The van der Waals surface area contributed by atoms with Crippen LogP contribution in [0.1, 0.15) is 33.6 Å². The molecule has 142 valence electrons. The number of carbonyl (C=O) groups excluding carboxylic acids is 2. The van der Waals surface area contributed by atoms with E-state index in [4.69, 9.17) is 18.9 Å². The molecule has 0 amide bonds. The fourth-order valence-corrected chi connectivity index (χ4v) is 2.89. The minimum atomic E-state index is -0.423. The van der Waals surface area contributed by atoms with Gasteiger partial charge in [0.2, 0.25) is 5.75 Å². The number of ketones is 2. The van der Waals surface area contributed by atoms with Crippen LogP contribution >= 0.6 is 0 Å². The van der Waals surface area contributed by atoms with Crippen LogP contribution in [-0.2, 0) is 0 Å². The number of halogens is 1. The topological polar surface area (TPSA) is 71.1 Å². The Kier molecular flexibility index (Phi) is 5.59. The summed E-state index contributed by atoms with van der Waals surface area (Å²) in [6.45, 7) is 0.727. The van der Waals surface area contributed by atoms with Gasteiger partial charge in [0, 0.05) is 24.5 Å². The average molecular weight is 374 g/mol. The molecule has 0 bridgehead atoms. The molecule has 0 spiro atoms. The van der Waals surface area contributed by atoms with Gasteiger partial charge in [0.05, 0.1) is 14.2 Å². The molecular formula is C20H19FO6. The van der Waals surface area contributed by atoms with Gasteiger partial charge in [-0.25, -0.2) is 4.39 Å². The molecule has 1 heterocycles. The van der Waals surface area contributed by atoms with Crippen LogP contribution in [0.2, 0.25) is 0 Å². The number of methoxy groups -OCH3 is 2. The first kappa shape index (κ1) is 18.7. The van der Waals surface area contributed by atoms with Gasteiger partial charge in [0.1, 0.15) is 30.3 Å². The Labute approximate surface area is 155 Å². The van der Waals surface area contributed by atoms with E-state index in [-0.39, 0.29) is 41.5 Å². The molecule has 0 radical (unpaired) electrons. The van der Waals surface area contributed by atoms with Gasteiger partial charge in [-0.15, -0.1) is 0 Å². The van der Waals surface area contributed by atoms with Crippen LogP contribution in [0.25, 0.3) is 0 Å². The van der Waals surface area contributed by atoms with Crippen molar-refractivity contribution in [2.45, 2.75) is 12.8 Å². The second-order valence-corrected chi connectivity index (χ2v) is 5.86. The van der Waals surface area contributed by atoms with Crippen LogP contribution < -0.4 is 18.9 Å². The van der Waals surface area contributed by atoms with Gasteiger partial charge in [0.15, 0.2) is 23.1 Å². The minimum absolute atomic E-state index is 0.0226. The number of hydrogen-bond donors (Lipinski definition) is 0. The summed E-state index contributed by atoms with van der Waals surface area (Å²) < 4.78 is 34.8. The van der Waals surface area contributed by atoms with E-state index >= 15 is 0 Å². The fraction of sp³-hybridized carbons (Fsp3) is 0.300.